The van der Waals surface area contributed by atoms with Crippen LogP contribution in [-0.2, 0) is 11.2 Å². The molecule has 0 saturated carbocycles. The topological polar surface area (TPSA) is 85.1 Å². The van der Waals surface area contributed by atoms with Crippen molar-refractivity contribution in [3.05, 3.63) is 44.8 Å². The Bertz CT molecular complexity index is 773. The second-order valence-corrected chi connectivity index (χ2v) is 8.23. The summed E-state index contributed by atoms with van der Waals surface area (Å²) in [7, 11) is 0. The lowest BCUT2D eigenvalue weighted by Crippen LogP contribution is -2.32. The molecule has 2 rings (SSSR count). The molecule has 0 aliphatic rings. The van der Waals surface area contributed by atoms with Gasteiger partial charge in [0.1, 0.15) is 5.03 Å². The van der Waals surface area contributed by atoms with Crippen LogP contribution in [0.15, 0.2) is 22.5 Å². The molecule has 3 N–H and O–H groups in total. The highest BCUT2D eigenvalue weighted by Gasteiger charge is 2.22. The standard InChI is InChI=1S/C18H23N3O2S2/c1-10-11(2)15(16(19)22)18(21-12(10)3)25-13(4)17(23)20-8-7-14-6-5-9-24-14/h5-6,9,13H,7-8H2,1-4H3,(H2,19,22)(H,20,23). The minimum Gasteiger partial charge on any atom is -0.366 e. The molecule has 25 heavy (non-hydrogen) atoms. The summed E-state index contributed by atoms with van der Waals surface area (Å²) in [6.45, 7) is 8.07. The molecule has 0 radical (unpaired) electrons. The molecule has 7 heteroatoms. The molecule has 2 amide bonds. The van der Waals surface area contributed by atoms with Gasteiger partial charge in [0.05, 0.1) is 10.8 Å². The van der Waals surface area contributed by atoms with Gasteiger partial charge in [0.2, 0.25) is 5.91 Å². The molecule has 2 aromatic rings. The molecular formula is C18H23N3O2S2. The first-order valence-corrected chi connectivity index (χ1v) is 9.81. The fraction of sp³-hybridized carbons (Fsp3) is 0.389. The lowest BCUT2D eigenvalue weighted by molar-refractivity contribution is -0.120. The Kier molecular flexibility index (Phi) is 6.61. The minimum absolute atomic E-state index is 0.0744. The summed E-state index contributed by atoms with van der Waals surface area (Å²) in [6.07, 6.45) is 0.814. The Morgan fingerprint density at radius 2 is 2.04 bits per heavy atom. The van der Waals surface area contributed by atoms with E-state index >= 15 is 0 Å². The fourth-order valence-electron chi connectivity index (χ4n) is 2.42. The predicted octanol–water partition coefficient (Wildman–Crippen LogP) is 3.01. The van der Waals surface area contributed by atoms with E-state index in [1.807, 2.05) is 39.1 Å². The summed E-state index contributed by atoms with van der Waals surface area (Å²) in [6, 6.07) is 4.05. The van der Waals surface area contributed by atoms with Crippen LogP contribution in [0.25, 0.3) is 0 Å². The molecule has 5 nitrogen and oxygen atoms in total. The number of aryl methyl sites for hydroxylation is 1. The molecular weight excluding hydrogens is 354 g/mol. The molecule has 0 aromatic carbocycles. The van der Waals surface area contributed by atoms with Gasteiger partial charge in [-0.05, 0) is 56.7 Å². The van der Waals surface area contributed by atoms with E-state index in [-0.39, 0.29) is 11.2 Å². The Balaban J connectivity index is 2.05. The van der Waals surface area contributed by atoms with E-state index in [0.717, 1.165) is 23.2 Å². The molecule has 2 heterocycles. The van der Waals surface area contributed by atoms with E-state index in [2.05, 4.69) is 16.4 Å². The summed E-state index contributed by atoms with van der Waals surface area (Å²) >= 11 is 2.95. The Morgan fingerprint density at radius 3 is 2.64 bits per heavy atom. The zero-order valence-corrected chi connectivity index (χ0v) is 16.5. The monoisotopic (exact) mass is 377 g/mol. The molecule has 0 saturated heterocycles. The fourth-order valence-corrected chi connectivity index (χ4v) is 4.21. The van der Waals surface area contributed by atoms with Crippen molar-refractivity contribution in [1.29, 1.82) is 0 Å². The third-order valence-electron chi connectivity index (χ3n) is 4.12. The average Bonchev–Trinajstić information content (AvgIpc) is 3.05. The van der Waals surface area contributed by atoms with Crippen molar-refractivity contribution in [2.24, 2.45) is 5.73 Å². The van der Waals surface area contributed by atoms with Crippen LogP contribution in [0.3, 0.4) is 0 Å². The number of nitrogens with two attached hydrogens (primary N) is 1. The van der Waals surface area contributed by atoms with Crippen LogP contribution in [0, 0.1) is 20.8 Å². The maximum Gasteiger partial charge on any atom is 0.251 e. The molecule has 134 valence electrons. The van der Waals surface area contributed by atoms with Crippen LogP contribution in [-0.4, -0.2) is 28.6 Å². The summed E-state index contributed by atoms with van der Waals surface area (Å²) in [4.78, 5) is 29.9. The molecule has 1 unspecified atom stereocenters. The molecule has 2 aromatic heterocycles. The zero-order chi connectivity index (χ0) is 18.6. The number of nitrogens with one attached hydrogen (secondary N) is 1. The van der Waals surface area contributed by atoms with E-state index < -0.39 is 5.91 Å². The van der Waals surface area contributed by atoms with Crippen LogP contribution in [0.1, 0.15) is 39.0 Å². The van der Waals surface area contributed by atoms with Gasteiger partial charge < -0.3 is 11.1 Å². The van der Waals surface area contributed by atoms with E-state index in [4.69, 9.17) is 5.73 Å². The molecule has 0 aliphatic carbocycles. The summed E-state index contributed by atoms with van der Waals surface area (Å²) in [5, 5.41) is 5.11. The van der Waals surface area contributed by atoms with E-state index in [9.17, 15) is 9.59 Å². The molecule has 0 spiro atoms. The van der Waals surface area contributed by atoms with Crippen LogP contribution in [0.5, 0.6) is 0 Å². The number of amides is 2. The van der Waals surface area contributed by atoms with Crippen molar-refractivity contribution in [3.63, 3.8) is 0 Å². The van der Waals surface area contributed by atoms with Crippen molar-refractivity contribution in [2.75, 3.05) is 6.54 Å². The summed E-state index contributed by atoms with van der Waals surface area (Å²) in [5.74, 6) is -0.587. The second-order valence-electron chi connectivity index (χ2n) is 5.87. The number of pyridine rings is 1. The minimum atomic E-state index is -0.513. The van der Waals surface area contributed by atoms with Gasteiger partial charge in [0.25, 0.3) is 5.91 Å². The summed E-state index contributed by atoms with van der Waals surface area (Å²) < 4.78 is 0. The van der Waals surface area contributed by atoms with E-state index in [1.54, 1.807) is 11.3 Å². The first-order chi connectivity index (χ1) is 11.8. The quantitative estimate of drug-likeness (QED) is 0.727. The SMILES string of the molecule is Cc1nc(SC(C)C(=O)NCCc2cccs2)c(C(N)=O)c(C)c1C. The van der Waals surface area contributed by atoms with Crippen molar-refractivity contribution < 1.29 is 9.59 Å². The van der Waals surface area contributed by atoms with Gasteiger partial charge in [-0.15, -0.1) is 11.3 Å². The van der Waals surface area contributed by atoms with E-state index in [1.165, 1.54) is 16.6 Å². The van der Waals surface area contributed by atoms with Gasteiger partial charge in [0.15, 0.2) is 0 Å². The number of primary amides is 1. The highest BCUT2D eigenvalue weighted by Crippen LogP contribution is 2.29. The first kappa shape index (κ1) is 19.5. The number of hydrogen-bond donors (Lipinski definition) is 2. The molecule has 0 fully saturated rings. The molecule has 0 aliphatic heterocycles. The lowest BCUT2D eigenvalue weighted by atomic mass is 10.0. The number of aromatic nitrogens is 1. The van der Waals surface area contributed by atoms with Gasteiger partial charge in [-0.3, -0.25) is 9.59 Å². The predicted molar refractivity (Wildman–Crippen MR) is 103 cm³/mol. The number of carbonyl (C=O) groups excluding carboxylic acids is 2. The number of carbonyl (C=O) groups is 2. The zero-order valence-electron chi connectivity index (χ0n) is 14.9. The van der Waals surface area contributed by atoms with Gasteiger partial charge in [-0.25, -0.2) is 4.98 Å². The Morgan fingerprint density at radius 1 is 1.32 bits per heavy atom. The van der Waals surface area contributed by atoms with Crippen LogP contribution in [0.2, 0.25) is 0 Å². The van der Waals surface area contributed by atoms with Crippen molar-refractivity contribution in [2.45, 2.75) is 44.4 Å². The van der Waals surface area contributed by atoms with Gasteiger partial charge in [-0.2, -0.15) is 0 Å². The van der Waals surface area contributed by atoms with Gasteiger partial charge in [-0.1, -0.05) is 17.8 Å². The number of thiophene rings is 1. The van der Waals surface area contributed by atoms with Gasteiger partial charge in [0, 0.05) is 17.1 Å². The van der Waals surface area contributed by atoms with Crippen molar-refractivity contribution in [1.82, 2.24) is 10.3 Å². The summed E-state index contributed by atoms with van der Waals surface area (Å²) in [5.41, 5.74) is 8.56. The van der Waals surface area contributed by atoms with Crippen molar-refractivity contribution in [3.8, 4) is 0 Å². The smallest absolute Gasteiger partial charge is 0.251 e. The number of rotatable bonds is 7. The maximum atomic E-state index is 12.3. The Hall–Kier alpha value is -1.86. The largest absolute Gasteiger partial charge is 0.366 e. The Labute approximate surface area is 156 Å². The van der Waals surface area contributed by atoms with Crippen LogP contribution in [0.4, 0.5) is 0 Å². The number of hydrogen-bond acceptors (Lipinski definition) is 5. The lowest BCUT2D eigenvalue weighted by Gasteiger charge is -2.16. The van der Waals surface area contributed by atoms with E-state index in [0.29, 0.717) is 17.1 Å². The van der Waals surface area contributed by atoms with Crippen molar-refractivity contribution >= 4 is 34.9 Å². The highest BCUT2D eigenvalue weighted by molar-refractivity contribution is 8.00. The van der Waals surface area contributed by atoms with Crippen LogP contribution >= 0.6 is 23.1 Å². The first-order valence-electron chi connectivity index (χ1n) is 8.05. The molecule has 1 atom stereocenters. The van der Waals surface area contributed by atoms with Gasteiger partial charge >= 0.3 is 0 Å². The maximum absolute atomic E-state index is 12.3. The highest BCUT2D eigenvalue weighted by atomic mass is 32.2. The molecule has 0 bridgehead atoms. The normalized spacial score (nSPS) is 12.0. The third kappa shape index (κ3) is 4.83. The number of thioether (sulfide) groups is 1. The average molecular weight is 378 g/mol. The third-order valence-corrected chi connectivity index (χ3v) is 6.14. The van der Waals surface area contributed by atoms with Crippen LogP contribution < -0.4 is 11.1 Å². The number of nitrogens with zero attached hydrogens (tertiary/aromatic N) is 1. The second kappa shape index (κ2) is 8.49.